The molecule has 0 aliphatic heterocycles. The summed E-state index contributed by atoms with van der Waals surface area (Å²) in [6.07, 6.45) is -2.83. The molecule has 0 radical (unpaired) electrons. The summed E-state index contributed by atoms with van der Waals surface area (Å²) in [6, 6.07) is 1.48. The molecule has 16 heavy (non-hydrogen) atoms. The lowest BCUT2D eigenvalue weighted by Gasteiger charge is -2.09. The summed E-state index contributed by atoms with van der Waals surface area (Å²) >= 11 is 0. The van der Waals surface area contributed by atoms with Crippen LogP contribution in [0.25, 0.3) is 0 Å². The largest absolute Gasteiger partial charge is 0.482 e. The summed E-state index contributed by atoms with van der Waals surface area (Å²) < 4.78 is 54.1. The van der Waals surface area contributed by atoms with Crippen LogP contribution in [-0.2, 0) is 0 Å². The predicted molar refractivity (Wildman–Crippen MR) is 48.9 cm³/mol. The van der Waals surface area contributed by atoms with Gasteiger partial charge in [-0.1, -0.05) is 0 Å². The van der Waals surface area contributed by atoms with Crippen molar-refractivity contribution in [1.82, 2.24) is 0 Å². The van der Waals surface area contributed by atoms with Crippen molar-refractivity contribution >= 4 is 5.84 Å². The molecule has 0 bridgehead atoms. The van der Waals surface area contributed by atoms with E-state index in [0.29, 0.717) is 0 Å². The third kappa shape index (κ3) is 2.85. The number of nitrogen functional groups attached to an aromatic ring is 1. The molecule has 7 heteroatoms. The Hall–Kier alpha value is -1.79. The highest BCUT2D eigenvalue weighted by molar-refractivity contribution is 5.95. The van der Waals surface area contributed by atoms with Crippen LogP contribution in [0, 0.1) is 17.0 Å². The number of benzene rings is 1. The molecule has 0 saturated carbocycles. The van der Waals surface area contributed by atoms with Crippen LogP contribution >= 0.6 is 0 Å². The number of hydrogen-bond donors (Lipinski definition) is 2. The molecule has 0 unspecified atom stereocenters. The zero-order valence-electron chi connectivity index (χ0n) is 7.94. The van der Waals surface area contributed by atoms with Crippen LogP contribution in [0.3, 0.4) is 0 Å². The fraction of sp³-hybridized carbons (Fsp3) is 0.222. The third-order valence-corrected chi connectivity index (χ3v) is 1.66. The minimum absolute atomic E-state index is 0.181. The summed E-state index contributed by atoms with van der Waals surface area (Å²) in [6.45, 7) is -1.10. The van der Waals surface area contributed by atoms with E-state index in [2.05, 4.69) is 4.74 Å². The predicted octanol–water partition coefficient (Wildman–Crippen LogP) is 1.89. The van der Waals surface area contributed by atoms with Crippen molar-refractivity contribution in [1.29, 1.82) is 5.41 Å². The summed E-state index contributed by atoms with van der Waals surface area (Å²) in [4.78, 5) is 0. The Kier molecular flexibility index (Phi) is 3.70. The minimum Gasteiger partial charge on any atom is -0.482 e. The van der Waals surface area contributed by atoms with Crippen molar-refractivity contribution in [2.75, 3.05) is 6.61 Å². The second kappa shape index (κ2) is 4.82. The SMILES string of the molecule is N=C(N)c1cc(F)c(OCC(F)F)c(F)c1. The maximum absolute atomic E-state index is 13.2. The average molecular weight is 236 g/mol. The molecule has 0 amide bonds. The highest BCUT2D eigenvalue weighted by Gasteiger charge is 2.15. The Morgan fingerprint density at radius 3 is 2.19 bits per heavy atom. The van der Waals surface area contributed by atoms with Gasteiger partial charge in [0.15, 0.2) is 17.4 Å². The van der Waals surface area contributed by atoms with Gasteiger partial charge in [0.25, 0.3) is 6.43 Å². The number of nitrogens with two attached hydrogens (primary N) is 1. The van der Waals surface area contributed by atoms with Gasteiger partial charge in [-0.25, -0.2) is 17.6 Å². The van der Waals surface area contributed by atoms with E-state index in [1.165, 1.54) is 0 Å². The molecule has 0 aliphatic rings. The molecule has 0 atom stereocenters. The van der Waals surface area contributed by atoms with E-state index < -0.39 is 36.3 Å². The highest BCUT2D eigenvalue weighted by atomic mass is 19.3. The van der Waals surface area contributed by atoms with Crippen molar-refractivity contribution in [2.24, 2.45) is 5.73 Å². The van der Waals surface area contributed by atoms with Crippen LogP contribution in [-0.4, -0.2) is 18.9 Å². The van der Waals surface area contributed by atoms with Crippen molar-refractivity contribution < 1.29 is 22.3 Å². The first-order chi connectivity index (χ1) is 7.41. The standard InChI is InChI=1S/C9H8F4N2O/c10-5-1-4(9(14)15)2-6(11)8(5)16-3-7(12)13/h1-2,7H,3H2,(H3,14,15). The van der Waals surface area contributed by atoms with E-state index in [4.69, 9.17) is 11.1 Å². The molecule has 0 spiro atoms. The van der Waals surface area contributed by atoms with Gasteiger partial charge in [-0.2, -0.15) is 0 Å². The Morgan fingerprint density at radius 2 is 1.81 bits per heavy atom. The highest BCUT2D eigenvalue weighted by Crippen LogP contribution is 2.23. The third-order valence-electron chi connectivity index (χ3n) is 1.66. The molecule has 1 aromatic carbocycles. The van der Waals surface area contributed by atoms with Crippen LogP contribution in [0.2, 0.25) is 0 Å². The molecular weight excluding hydrogens is 228 g/mol. The Balaban J connectivity index is 2.98. The number of hydrogen-bond acceptors (Lipinski definition) is 2. The number of nitrogens with one attached hydrogen (secondary N) is 1. The lowest BCUT2D eigenvalue weighted by Crippen LogP contribution is -2.14. The zero-order valence-corrected chi connectivity index (χ0v) is 7.94. The molecule has 1 aromatic rings. The number of halogens is 4. The van der Waals surface area contributed by atoms with Gasteiger partial charge in [0.1, 0.15) is 12.4 Å². The first-order valence-corrected chi connectivity index (χ1v) is 4.16. The van der Waals surface area contributed by atoms with Gasteiger partial charge in [-0.3, -0.25) is 5.41 Å². The van der Waals surface area contributed by atoms with Gasteiger partial charge >= 0.3 is 0 Å². The van der Waals surface area contributed by atoms with Gasteiger partial charge in [0, 0.05) is 5.56 Å². The second-order valence-corrected chi connectivity index (χ2v) is 2.88. The van der Waals surface area contributed by atoms with E-state index in [-0.39, 0.29) is 5.56 Å². The van der Waals surface area contributed by atoms with Crippen LogP contribution in [0.1, 0.15) is 5.56 Å². The van der Waals surface area contributed by atoms with E-state index in [1.807, 2.05) is 0 Å². The molecule has 0 fully saturated rings. The quantitative estimate of drug-likeness (QED) is 0.476. The molecule has 0 saturated heterocycles. The van der Waals surface area contributed by atoms with Crippen molar-refractivity contribution in [2.45, 2.75) is 6.43 Å². The summed E-state index contributed by atoms with van der Waals surface area (Å²) in [5.41, 5.74) is 4.83. The number of ether oxygens (including phenoxy) is 1. The lowest BCUT2D eigenvalue weighted by molar-refractivity contribution is 0.0777. The Bertz CT molecular complexity index is 385. The first-order valence-electron chi connectivity index (χ1n) is 4.16. The molecule has 88 valence electrons. The monoisotopic (exact) mass is 236 g/mol. The topological polar surface area (TPSA) is 59.1 Å². The summed E-state index contributed by atoms with van der Waals surface area (Å²) in [7, 11) is 0. The molecule has 0 aromatic heterocycles. The van der Waals surface area contributed by atoms with E-state index in [0.717, 1.165) is 12.1 Å². The number of alkyl halides is 2. The summed E-state index contributed by atoms with van der Waals surface area (Å²) in [5, 5.41) is 6.95. The van der Waals surface area contributed by atoms with Crippen LogP contribution < -0.4 is 10.5 Å². The van der Waals surface area contributed by atoms with Crippen LogP contribution in [0.4, 0.5) is 17.6 Å². The first kappa shape index (κ1) is 12.3. The average Bonchev–Trinajstić information content (AvgIpc) is 2.15. The minimum atomic E-state index is -2.83. The number of amidine groups is 1. The van der Waals surface area contributed by atoms with E-state index in [1.54, 1.807) is 0 Å². The van der Waals surface area contributed by atoms with Gasteiger partial charge in [0.2, 0.25) is 0 Å². The smallest absolute Gasteiger partial charge is 0.272 e. The summed E-state index contributed by atoms with van der Waals surface area (Å²) in [5.74, 6) is -3.78. The Labute approximate surface area is 88.3 Å². The maximum Gasteiger partial charge on any atom is 0.272 e. The van der Waals surface area contributed by atoms with Crippen LogP contribution in [0.15, 0.2) is 12.1 Å². The van der Waals surface area contributed by atoms with Gasteiger partial charge < -0.3 is 10.5 Å². The van der Waals surface area contributed by atoms with E-state index in [9.17, 15) is 17.6 Å². The molecule has 3 nitrogen and oxygen atoms in total. The molecule has 3 N–H and O–H groups in total. The number of rotatable bonds is 4. The molecule has 1 rings (SSSR count). The van der Waals surface area contributed by atoms with Crippen molar-refractivity contribution in [3.05, 3.63) is 29.3 Å². The Morgan fingerprint density at radius 1 is 1.31 bits per heavy atom. The van der Waals surface area contributed by atoms with Crippen molar-refractivity contribution in [3.63, 3.8) is 0 Å². The van der Waals surface area contributed by atoms with Gasteiger partial charge in [0.05, 0.1) is 0 Å². The fourth-order valence-corrected chi connectivity index (χ4v) is 1.000. The lowest BCUT2D eigenvalue weighted by atomic mass is 10.2. The second-order valence-electron chi connectivity index (χ2n) is 2.88. The molecular formula is C9H8F4N2O. The maximum atomic E-state index is 13.2. The van der Waals surface area contributed by atoms with Crippen LogP contribution in [0.5, 0.6) is 5.75 Å². The molecule has 0 aliphatic carbocycles. The fourth-order valence-electron chi connectivity index (χ4n) is 1.000. The van der Waals surface area contributed by atoms with E-state index >= 15 is 0 Å². The zero-order chi connectivity index (χ0) is 12.3. The normalized spacial score (nSPS) is 10.6. The van der Waals surface area contributed by atoms with Gasteiger partial charge in [-0.05, 0) is 12.1 Å². The van der Waals surface area contributed by atoms with Gasteiger partial charge in [-0.15, -0.1) is 0 Å². The van der Waals surface area contributed by atoms with Crippen molar-refractivity contribution in [3.8, 4) is 5.75 Å². The molecule has 0 heterocycles.